The number of hydrogen-bond donors (Lipinski definition) is 6. The fraction of sp³-hybridized carbons (Fsp3) is 0.540. The lowest BCUT2D eigenvalue weighted by Gasteiger charge is -2.41. The van der Waals surface area contributed by atoms with Crippen LogP contribution in [0.25, 0.3) is 11.0 Å². The maximum atomic E-state index is 15.7. The number of carbonyl (C=O) groups is 4. The smallest absolute Gasteiger partial charge is 0.343 e. The van der Waals surface area contributed by atoms with Gasteiger partial charge in [-0.3, -0.25) is 53.3 Å². The molecule has 1 spiro atoms. The van der Waals surface area contributed by atoms with E-state index in [0.717, 1.165) is 100 Å². The minimum Gasteiger partial charge on any atom is -0.352 e. The molecule has 4 amide bonds. The molecule has 3 unspecified atom stereocenters. The predicted octanol–water partition coefficient (Wildman–Crippen LogP) is 6.69. The molecule has 5 atom stereocenters. The summed E-state index contributed by atoms with van der Waals surface area (Å²) in [7, 11) is -0.770. The lowest BCUT2D eigenvalue weighted by molar-refractivity contribution is -0.135. The van der Waals surface area contributed by atoms with Gasteiger partial charge in [0, 0.05) is 67.2 Å². The number of aryl methyl sites for hydroxylation is 2. The molecule has 1 aromatic heterocycles. The number of imidazole rings is 1. The van der Waals surface area contributed by atoms with Crippen LogP contribution in [0.5, 0.6) is 0 Å². The van der Waals surface area contributed by atoms with Crippen LogP contribution in [-0.4, -0.2) is 109 Å². The number of benzene rings is 3. The normalized spacial score (nSPS) is 24.5. The van der Waals surface area contributed by atoms with Crippen molar-refractivity contribution in [1.82, 2.24) is 34.9 Å². The number of imide groups is 1. The van der Waals surface area contributed by atoms with E-state index in [1.54, 1.807) is 43.3 Å². The standard InChI is InChI=1S/C29H34Cl2FN3O2.C21H30N5O6P/c30-18-12-13-20(23(16-18)33-17-36)25-24(21-10-7-11-22(31)26(21)32)27(35-29(25)14-5-2-6-15-29)28(37)34-19-8-3-1-4-9-19;1-23-10-11-25(13-19(23)33(30,31)32)9-3-4-14-5-6-15-17(12-14)24(2)21(29)26(15)16-7-8-18(27)22-20(16)28/h7,10-13,16-17,19,24-25,27,35H,1-6,8-9,14-15H2,(H,33,36)(H,34,37);5-6,12,16,19H,3-4,7-11,13H2,1-2H3,(H,22,27,28)(H2,30,31,32)/t24-,25-,27?;/m1./s1. The van der Waals surface area contributed by atoms with E-state index >= 15 is 4.39 Å². The average Bonchev–Trinajstić information content (AvgIpc) is 3.77. The molecule has 3 saturated heterocycles. The van der Waals surface area contributed by atoms with Crippen molar-refractivity contribution in [2.75, 3.05) is 38.5 Å². The lowest BCUT2D eigenvalue weighted by Crippen LogP contribution is -2.53. The van der Waals surface area contributed by atoms with Gasteiger partial charge in [0.15, 0.2) is 0 Å². The Labute approximate surface area is 417 Å². The largest absolute Gasteiger partial charge is 0.352 e. The van der Waals surface area contributed by atoms with Crippen LogP contribution in [0.2, 0.25) is 10.0 Å². The number of rotatable bonds is 12. The van der Waals surface area contributed by atoms with Gasteiger partial charge in [-0.2, -0.15) is 0 Å². The summed E-state index contributed by atoms with van der Waals surface area (Å²) >= 11 is 12.6. The summed E-state index contributed by atoms with van der Waals surface area (Å²) in [5.41, 5.74) is 3.55. The monoisotopic (exact) mass is 1020 g/mol. The molecule has 16 nitrogen and oxygen atoms in total. The molecule has 2 saturated carbocycles. The van der Waals surface area contributed by atoms with Crippen LogP contribution in [0.3, 0.4) is 0 Å². The van der Waals surface area contributed by atoms with Gasteiger partial charge in [0.25, 0.3) is 0 Å². The maximum absolute atomic E-state index is 15.7. The zero-order valence-corrected chi connectivity index (χ0v) is 42.1. The van der Waals surface area contributed by atoms with Crippen LogP contribution in [0.1, 0.15) is 118 Å². The first kappa shape index (κ1) is 51.9. The minimum absolute atomic E-state index is 0.0367. The summed E-state index contributed by atoms with van der Waals surface area (Å²) in [5, 5.41) is 12.7. The number of halogens is 3. The molecule has 0 bridgehead atoms. The Morgan fingerprint density at radius 2 is 1.67 bits per heavy atom. The van der Waals surface area contributed by atoms with Crippen LogP contribution in [-0.2, 0) is 37.2 Å². The molecule has 5 fully saturated rings. The quantitative estimate of drug-likeness (QED) is 0.0501. The fourth-order valence-corrected chi connectivity index (χ4v) is 13.2. The van der Waals surface area contributed by atoms with E-state index in [4.69, 9.17) is 23.2 Å². The third-order valence-electron chi connectivity index (χ3n) is 15.3. The highest BCUT2D eigenvalue weighted by atomic mass is 35.5. The molecule has 2 aliphatic carbocycles. The summed E-state index contributed by atoms with van der Waals surface area (Å²) in [5.74, 6) is -2.93. The number of anilines is 1. The van der Waals surface area contributed by atoms with E-state index in [1.807, 2.05) is 24.3 Å². The van der Waals surface area contributed by atoms with Gasteiger partial charge in [-0.15, -0.1) is 0 Å². The third-order valence-corrected chi connectivity index (χ3v) is 17.2. The molecule has 3 aliphatic heterocycles. The van der Waals surface area contributed by atoms with E-state index in [9.17, 15) is 38.3 Å². The summed E-state index contributed by atoms with van der Waals surface area (Å²) in [4.78, 5) is 85.1. The molecule has 378 valence electrons. The van der Waals surface area contributed by atoms with Crippen LogP contribution < -0.4 is 27.0 Å². The Morgan fingerprint density at radius 3 is 2.39 bits per heavy atom. The molecular formula is C50H64Cl2FN8O8P. The van der Waals surface area contributed by atoms with Crippen molar-refractivity contribution in [3.8, 4) is 0 Å². The number of fused-ring (bicyclic) bond motifs is 1. The Morgan fingerprint density at radius 1 is 0.929 bits per heavy atom. The molecule has 70 heavy (non-hydrogen) atoms. The van der Waals surface area contributed by atoms with Crippen molar-refractivity contribution >= 4 is 71.7 Å². The molecule has 0 radical (unpaired) electrons. The number of nitrogens with one attached hydrogen (secondary N) is 4. The maximum Gasteiger partial charge on any atom is 0.343 e. The van der Waals surface area contributed by atoms with Crippen molar-refractivity contribution in [3.63, 3.8) is 0 Å². The third kappa shape index (κ3) is 11.1. The number of aromatic nitrogens is 2. The summed E-state index contributed by atoms with van der Waals surface area (Å²) in [6.07, 6.45) is 12.9. The molecule has 20 heteroatoms. The summed E-state index contributed by atoms with van der Waals surface area (Å²) in [6.45, 7) is 2.43. The van der Waals surface area contributed by atoms with Gasteiger partial charge < -0.3 is 20.4 Å². The van der Waals surface area contributed by atoms with Crippen LogP contribution in [0.15, 0.2) is 59.4 Å². The number of hydrogen-bond acceptors (Lipinski definition) is 9. The molecule has 5 aliphatic rings. The van der Waals surface area contributed by atoms with Gasteiger partial charge in [-0.1, -0.05) is 86.0 Å². The molecule has 3 aromatic carbocycles. The molecule has 4 heterocycles. The first-order valence-corrected chi connectivity index (χ1v) is 27.0. The molecule has 4 aromatic rings. The van der Waals surface area contributed by atoms with Gasteiger partial charge in [-0.25, -0.2) is 9.18 Å². The van der Waals surface area contributed by atoms with Crippen LogP contribution >= 0.6 is 30.8 Å². The van der Waals surface area contributed by atoms with E-state index in [1.165, 1.54) is 21.6 Å². The second-order valence-electron chi connectivity index (χ2n) is 19.8. The van der Waals surface area contributed by atoms with E-state index in [-0.39, 0.29) is 40.9 Å². The van der Waals surface area contributed by atoms with Crippen LogP contribution in [0.4, 0.5) is 10.1 Å². The van der Waals surface area contributed by atoms with Gasteiger partial charge in [0.2, 0.25) is 24.1 Å². The fourth-order valence-electron chi connectivity index (χ4n) is 11.8. The van der Waals surface area contributed by atoms with Crippen molar-refractivity contribution < 1.29 is 37.9 Å². The second-order valence-corrected chi connectivity index (χ2v) is 22.4. The average molecular weight is 1030 g/mol. The number of likely N-dealkylation sites (N-methyl/N-ethyl adjacent to an activating group) is 1. The highest BCUT2D eigenvalue weighted by molar-refractivity contribution is 7.52. The second kappa shape index (κ2) is 22.1. The minimum atomic E-state index is -4.18. The summed E-state index contributed by atoms with van der Waals surface area (Å²) in [6, 6.07) is 15.0. The number of nitrogens with zero attached hydrogens (tertiary/aromatic N) is 4. The van der Waals surface area contributed by atoms with E-state index < -0.39 is 48.6 Å². The Balaban J connectivity index is 0.000000190. The predicted molar refractivity (Wildman–Crippen MR) is 268 cm³/mol. The first-order chi connectivity index (χ1) is 33.5. The zero-order valence-electron chi connectivity index (χ0n) is 39.7. The Bertz CT molecular complexity index is 2700. The zero-order chi connectivity index (χ0) is 49.9. The van der Waals surface area contributed by atoms with Crippen molar-refractivity contribution in [3.05, 3.63) is 97.6 Å². The molecule has 9 rings (SSSR count). The molecule has 6 N–H and O–H groups in total. The van der Waals surface area contributed by atoms with Crippen LogP contribution in [0, 0.1) is 5.82 Å². The molecular weight excluding hydrogens is 961 g/mol. The highest BCUT2D eigenvalue weighted by Crippen LogP contribution is 2.56. The number of piperidine rings is 1. The number of amides is 4. The Hall–Kier alpha value is -4.45. The van der Waals surface area contributed by atoms with E-state index in [0.29, 0.717) is 47.7 Å². The SMILES string of the molecule is CN1CCN(CCCc2ccc3c(c2)n(C)c(=O)n3C2CCC(=O)NC2=O)CC1P(=O)(O)O.O=CNc1cc(Cl)ccc1[C@@H]1[C@@H](c2cccc(Cl)c2F)C(C(=O)NC2CCCCC2)NC12CCCCC2. The van der Waals surface area contributed by atoms with Crippen molar-refractivity contribution in [1.29, 1.82) is 0 Å². The lowest BCUT2D eigenvalue weighted by atomic mass is 9.66. The van der Waals surface area contributed by atoms with Gasteiger partial charge in [0.05, 0.1) is 22.1 Å². The number of piperazine rings is 1. The topological polar surface area (TPSA) is 207 Å². The van der Waals surface area contributed by atoms with Gasteiger partial charge in [0.1, 0.15) is 17.6 Å². The van der Waals surface area contributed by atoms with Gasteiger partial charge >= 0.3 is 13.3 Å². The van der Waals surface area contributed by atoms with Crippen molar-refractivity contribution in [2.45, 2.75) is 131 Å². The van der Waals surface area contributed by atoms with Crippen molar-refractivity contribution in [2.24, 2.45) is 7.05 Å². The number of carbonyl (C=O) groups excluding carboxylic acids is 4. The first-order valence-electron chi connectivity index (χ1n) is 24.5. The van der Waals surface area contributed by atoms with E-state index in [2.05, 4.69) is 26.2 Å². The Kier molecular flexibility index (Phi) is 16.4. The highest BCUT2D eigenvalue weighted by Gasteiger charge is 2.57. The summed E-state index contributed by atoms with van der Waals surface area (Å²) < 4.78 is 30.4. The van der Waals surface area contributed by atoms with Gasteiger partial charge in [-0.05, 0) is 106 Å².